The number of aryl methyl sites for hydroxylation is 1. The van der Waals surface area contributed by atoms with Crippen LogP contribution in [0.4, 0.5) is 11.5 Å². The van der Waals surface area contributed by atoms with E-state index >= 15 is 0 Å². The topological polar surface area (TPSA) is 98.9 Å². The van der Waals surface area contributed by atoms with E-state index in [1.165, 1.54) is 30.1 Å². The summed E-state index contributed by atoms with van der Waals surface area (Å²) in [5, 5.41) is 15.2. The molecule has 3 rings (SSSR count). The van der Waals surface area contributed by atoms with Gasteiger partial charge in [-0.05, 0) is 53.5 Å². The first kappa shape index (κ1) is 22.2. The van der Waals surface area contributed by atoms with Gasteiger partial charge in [-0.1, -0.05) is 29.8 Å². The van der Waals surface area contributed by atoms with Gasteiger partial charge in [0, 0.05) is 22.3 Å². The highest BCUT2D eigenvalue weighted by Gasteiger charge is 2.14. The van der Waals surface area contributed by atoms with Gasteiger partial charge in [-0.3, -0.25) is 15.5 Å². The van der Waals surface area contributed by atoms with E-state index in [1.807, 2.05) is 44.2 Å². The zero-order chi connectivity index (χ0) is 22.2. The Morgan fingerprint density at radius 2 is 1.94 bits per heavy atom. The van der Waals surface area contributed by atoms with Crippen molar-refractivity contribution < 1.29 is 14.4 Å². The van der Waals surface area contributed by atoms with Crippen LogP contribution in [0.15, 0.2) is 64.3 Å². The molecule has 2 aromatic carbocycles. The number of hydrazone groups is 1. The number of benzene rings is 2. The van der Waals surface area contributed by atoms with Gasteiger partial charge in [0.05, 0.1) is 17.7 Å². The van der Waals surface area contributed by atoms with Gasteiger partial charge in [0.25, 0.3) is 0 Å². The van der Waals surface area contributed by atoms with Crippen molar-refractivity contribution in [1.29, 1.82) is 0 Å². The van der Waals surface area contributed by atoms with Gasteiger partial charge in [-0.2, -0.15) is 5.10 Å². The predicted molar refractivity (Wildman–Crippen MR) is 123 cm³/mol. The van der Waals surface area contributed by atoms with Crippen molar-refractivity contribution in [1.82, 2.24) is 4.98 Å². The summed E-state index contributed by atoms with van der Waals surface area (Å²) in [7, 11) is 0. The van der Waals surface area contributed by atoms with Crippen LogP contribution in [0, 0.1) is 17.0 Å². The molecule has 8 nitrogen and oxygen atoms in total. The zero-order valence-electron chi connectivity index (χ0n) is 17.0. The number of ether oxygens (including phenoxy) is 2. The van der Waals surface area contributed by atoms with Crippen LogP contribution in [-0.2, 0) is 6.61 Å². The molecule has 1 heterocycles. The van der Waals surface area contributed by atoms with Crippen molar-refractivity contribution in [3.05, 3.63) is 86.0 Å². The number of aromatic nitrogens is 1. The molecule has 0 aliphatic rings. The second-order valence-electron chi connectivity index (χ2n) is 6.53. The SMILES string of the molecule is CCOc1cc(/C=N\Nc2ncccc2[N+](=O)[O-])c(Br)cc1OCc1ccc(C)cc1. The average Bonchev–Trinajstić information content (AvgIpc) is 2.76. The Morgan fingerprint density at radius 1 is 1.19 bits per heavy atom. The third-order valence-electron chi connectivity index (χ3n) is 4.24. The van der Waals surface area contributed by atoms with Crippen LogP contribution in [0.1, 0.15) is 23.6 Å². The van der Waals surface area contributed by atoms with Crippen LogP contribution >= 0.6 is 15.9 Å². The van der Waals surface area contributed by atoms with E-state index in [9.17, 15) is 10.1 Å². The molecule has 1 N–H and O–H groups in total. The largest absolute Gasteiger partial charge is 0.490 e. The monoisotopic (exact) mass is 484 g/mol. The van der Waals surface area contributed by atoms with Crippen molar-refractivity contribution in [3.8, 4) is 11.5 Å². The van der Waals surface area contributed by atoms with Gasteiger partial charge >= 0.3 is 5.69 Å². The standard InChI is InChI=1S/C22H21BrN4O4/c1-3-30-20-11-17(13-25-26-22-19(27(28)29)5-4-10-24-22)18(23)12-21(20)31-14-16-8-6-15(2)7-9-16/h4-13H,3,14H2,1-2H3,(H,24,26)/b25-13-. The quantitative estimate of drug-likeness (QED) is 0.245. The zero-order valence-corrected chi connectivity index (χ0v) is 18.6. The van der Waals surface area contributed by atoms with Crippen molar-refractivity contribution >= 4 is 33.6 Å². The minimum absolute atomic E-state index is 0.0583. The second-order valence-corrected chi connectivity index (χ2v) is 7.38. The first-order chi connectivity index (χ1) is 15.0. The van der Waals surface area contributed by atoms with Gasteiger partial charge < -0.3 is 9.47 Å². The Kier molecular flexibility index (Phi) is 7.55. The fourth-order valence-electron chi connectivity index (χ4n) is 2.67. The number of nitrogens with zero attached hydrogens (tertiary/aromatic N) is 3. The Labute approximate surface area is 188 Å². The summed E-state index contributed by atoms with van der Waals surface area (Å²) in [6.45, 7) is 4.81. The molecular weight excluding hydrogens is 464 g/mol. The number of rotatable bonds is 9. The molecule has 0 aliphatic heterocycles. The lowest BCUT2D eigenvalue weighted by molar-refractivity contribution is -0.384. The van der Waals surface area contributed by atoms with Crippen LogP contribution in [0.25, 0.3) is 0 Å². The molecule has 0 saturated carbocycles. The minimum atomic E-state index is -0.520. The van der Waals surface area contributed by atoms with Crippen molar-refractivity contribution in [3.63, 3.8) is 0 Å². The molecule has 0 atom stereocenters. The molecule has 0 bridgehead atoms. The lowest BCUT2D eigenvalue weighted by Gasteiger charge is -2.14. The van der Waals surface area contributed by atoms with E-state index in [1.54, 1.807) is 6.07 Å². The number of nitrogens with one attached hydrogen (secondary N) is 1. The maximum absolute atomic E-state index is 11.1. The van der Waals surface area contributed by atoms with E-state index < -0.39 is 4.92 Å². The van der Waals surface area contributed by atoms with Gasteiger partial charge in [0.15, 0.2) is 11.5 Å². The van der Waals surface area contributed by atoms with Crippen LogP contribution < -0.4 is 14.9 Å². The number of halogens is 1. The van der Waals surface area contributed by atoms with E-state index in [4.69, 9.17) is 9.47 Å². The second kappa shape index (κ2) is 10.5. The Bertz CT molecular complexity index is 1090. The molecule has 160 valence electrons. The first-order valence-corrected chi connectivity index (χ1v) is 10.3. The minimum Gasteiger partial charge on any atom is -0.490 e. The fourth-order valence-corrected chi connectivity index (χ4v) is 3.09. The van der Waals surface area contributed by atoms with Crippen molar-refractivity contribution in [2.24, 2.45) is 5.10 Å². The molecule has 0 unspecified atom stereocenters. The molecule has 31 heavy (non-hydrogen) atoms. The molecule has 0 aliphatic carbocycles. The van der Waals surface area contributed by atoms with Crippen LogP contribution in [0.5, 0.6) is 11.5 Å². The number of hydrogen-bond donors (Lipinski definition) is 1. The molecule has 0 saturated heterocycles. The fraction of sp³-hybridized carbons (Fsp3) is 0.182. The molecule has 1 aromatic heterocycles. The number of nitro groups is 1. The number of pyridine rings is 1. The molecule has 0 fully saturated rings. The molecule has 9 heteroatoms. The van der Waals surface area contributed by atoms with Gasteiger partial charge in [-0.15, -0.1) is 0 Å². The van der Waals surface area contributed by atoms with Gasteiger partial charge in [0.2, 0.25) is 5.82 Å². The van der Waals surface area contributed by atoms with E-state index in [0.717, 1.165) is 10.0 Å². The summed E-state index contributed by atoms with van der Waals surface area (Å²) in [5.41, 5.74) is 5.40. The summed E-state index contributed by atoms with van der Waals surface area (Å²) >= 11 is 3.51. The molecular formula is C22H21BrN4O4. The lowest BCUT2D eigenvalue weighted by atomic mass is 10.2. The summed E-state index contributed by atoms with van der Waals surface area (Å²) in [5.74, 6) is 1.23. The highest BCUT2D eigenvalue weighted by Crippen LogP contribution is 2.34. The summed E-state index contributed by atoms with van der Waals surface area (Å²) in [6, 6.07) is 14.6. The van der Waals surface area contributed by atoms with E-state index in [0.29, 0.717) is 30.3 Å². The van der Waals surface area contributed by atoms with Crippen molar-refractivity contribution in [2.75, 3.05) is 12.0 Å². The Hall–Kier alpha value is -3.46. The molecule has 0 radical (unpaired) electrons. The molecule has 0 amide bonds. The van der Waals surface area contributed by atoms with Crippen LogP contribution in [-0.4, -0.2) is 22.7 Å². The van der Waals surface area contributed by atoms with E-state index in [-0.39, 0.29) is 11.5 Å². The predicted octanol–water partition coefficient (Wildman–Crippen LogP) is 5.48. The highest BCUT2D eigenvalue weighted by molar-refractivity contribution is 9.10. The highest BCUT2D eigenvalue weighted by atomic mass is 79.9. The first-order valence-electron chi connectivity index (χ1n) is 9.51. The van der Waals surface area contributed by atoms with Crippen LogP contribution in [0.2, 0.25) is 0 Å². The third kappa shape index (κ3) is 6.02. The maximum atomic E-state index is 11.1. The normalized spacial score (nSPS) is 10.8. The third-order valence-corrected chi connectivity index (χ3v) is 4.92. The Balaban J connectivity index is 1.77. The van der Waals surface area contributed by atoms with Crippen molar-refractivity contribution in [2.45, 2.75) is 20.5 Å². The molecule has 0 spiro atoms. The summed E-state index contributed by atoms with van der Waals surface area (Å²) in [6.07, 6.45) is 2.98. The number of hydrogen-bond acceptors (Lipinski definition) is 7. The Morgan fingerprint density at radius 3 is 2.65 bits per heavy atom. The molecule has 3 aromatic rings. The summed E-state index contributed by atoms with van der Waals surface area (Å²) < 4.78 is 12.4. The average molecular weight is 485 g/mol. The van der Waals surface area contributed by atoms with Gasteiger partial charge in [-0.25, -0.2) is 4.98 Å². The smallest absolute Gasteiger partial charge is 0.313 e. The lowest BCUT2D eigenvalue weighted by Crippen LogP contribution is -2.02. The number of anilines is 1. The van der Waals surface area contributed by atoms with E-state index in [2.05, 4.69) is 31.4 Å². The van der Waals surface area contributed by atoms with Gasteiger partial charge in [0.1, 0.15) is 6.61 Å². The maximum Gasteiger partial charge on any atom is 0.313 e. The van der Waals surface area contributed by atoms with Crippen LogP contribution in [0.3, 0.4) is 0 Å². The summed E-state index contributed by atoms with van der Waals surface area (Å²) in [4.78, 5) is 14.5.